The monoisotopic (exact) mass is 333 g/mol. The second-order valence-corrected chi connectivity index (χ2v) is 6.97. The van der Waals surface area contributed by atoms with E-state index in [2.05, 4.69) is 4.98 Å². The molecule has 4 rings (SSSR count). The topological polar surface area (TPSA) is 78.1 Å². The van der Waals surface area contributed by atoms with Gasteiger partial charge in [-0.1, -0.05) is 6.07 Å². The number of imidazole rings is 1. The number of rotatable bonds is 1. The Bertz CT molecular complexity index is 788. The number of amides is 1. The summed E-state index contributed by atoms with van der Waals surface area (Å²) < 4.78 is 15.9. The van der Waals surface area contributed by atoms with Gasteiger partial charge in [0.2, 0.25) is 5.95 Å². The molecule has 24 heavy (non-hydrogen) atoms. The molecule has 128 valence electrons. The predicted octanol–water partition coefficient (Wildman–Crippen LogP) is 0.986. The van der Waals surface area contributed by atoms with Crippen LogP contribution in [0.3, 0.4) is 0 Å². The lowest BCUT2D eigenvalue weighted by molar-refractivity contribution is -0.0372. The van der Waals surface area contributed by atoms with Crippen LogP contribution in [0.2, 0.25) is 0 Å². The Morgan fingerprint density at radius 2 is 1.88 bits per heavy atom. The minimum atomic E-state index is -0.740. The molecule has 7 heteroatoms. The second kappa shape index (κ2) is 5.53. The van der Waals surface area contributed by atoms with Gasteiger partial charge in [0.1, 0.15) is 5.65 Å². The number of halogens is 1. The van der Waals surface area contributed by atoms with Crippen LogP contribution in [-0.2, 0) is 0 Å². The molecule has 6 nitrogen and oxygen atoms in total. The summed E-state index contributed by atoms with van der Waals surface area (Å²) in [5.74, 6) is -0.772. The number of nitrogens with zero attached hydrogens (tertiary/aromatic N) is 3. The minimum Gasteiger partial charge on any atom is -0.390 e. The summed E-state index contributed by atoms with van der Waals surface area (Å²) >= 11 is 0. The number of aliphatic hydroxyl groups is 2. The van der Waals surface area contributed by atoms with Crippen molar-refractivity contribution in [2.24, 2.45) is 11.8 Å². The van der Waals surface area contributed by atoms with E-state index in [0.717, 1.165) is 5.56 Å². The van der Waals surface area contributed by atoms with Gasteiger partial charge in [-0.3, -0.25) is 9.20 Å². The number of aliphatic hydroxyl groups excluding tert-OH is 2. The van der Waals surface area contributed by atoms with E-state index in [4.69, 9.17) is 0 Å². The molecule has 1 saturated carbocycles. The number of aryl methyl sites for hydroxylation is 1. The molecule has 1 amide bonds. The van der Waals surface area contributed by atoms with E-state index < -0.39 is 24.1 Å². The Labute approximate surface area is 138 Å². The molecule has 2 aromatic rings. The maximum atomic E-state index is 14.6. The van der Waals surface area contributed by atoms with Gasteiger partial charge >= 0.3 is 0 Å². The number of carbonyl (C=O) groups is 1. The average molecular weight is 333 g/mol. The largest absolute Gasteiger partial charge is 0.390 e. The summed E-state index contributed by atoms with van der Waals surface area (Å²) in [6.07, 6.45) is 1.02. The third-order valence-electron chi connectivity index (χ3n) is 5.39. The highest BCUT2D eigenvalue weighted by atomic mass is 19.1. The molecule has 1 aliphatic heterocycles. The highest BCUT2D eigenvalue weighted by molar-refractivity contribution is 5.93. The van der Waals surface area contributed by atoms with Crippen LogP contribution in [0, 0.1) is 24.7 Å². The first kappa shape index (κ1) is 15.5. The van der Waals surface area contributed by atoms with Gasteiger partial charge in [-0.15, -0.1) is 0 Å². The molecular formula is C17H20FN3O3. The third-order valence-corrected chi connectivity index (χ3v) is 5.39. The van der Waals surface area contributed by atoms with Gasteiger partial charge in [0.25, 0.3) is 5.91 Å². The summed E-state index contributed by atoms with van der Waals surface area (Å²) in [7, 11) is 0. The van der Waals surface area contributed by atoms with Crippen molar-refractivity contribution in [2.45, 2.75) is 32.0 Å². The number of carbonyl (C=O) groups excluding carboxylic acids is 1. The minimum absolute atomic E-state index is 0.147. The van der Waals surface area contributed by atoms with E-state index >= 15 is 0 Å². The summed E-state index contributed by atoms with van der Waals surface area (Å²) in [6.45, 7) is 2.77. The normalized spacial score (nSPS) is 29.9. The molecule has 2 aromatic heterocycles. The van der Waals surface area contributed by atoms with Gasteiger partial charge < -0.3 is 15.1 Å². The Kier molecular flexibility index (Phi) is 3.58. The first-order valence-corrected chi connectivity index (χ1v) is 8.24. The van der Waals surface area contributed by atoms with Gasteiger partial charge in [0.15, 0.2) is 5.69 Å². The van der Waals surface area contributed by atoms with Crippen LogP contribution in [0.4, 0.5) is 4.39 Å². The van der Waals surface area contributed by atoms with Crippen LogP contribution in [0.25, 0.3) is 5.65 Å². The Morgan fingerprint density at radius 1 is 1.25 bits per heavy atom. The van der Waals surface area contributed by atoms with Gasteiger partial charge in [-0.2, -0.15) is 4.39 Å². The summed E-state index contributed by atoms with van der Waals surface area (Å²) in [5.41, 5.74) is 1.08. The maximum Gasteiger partial charge on any atom is 0.277 e. The molecule has 1 saturated heterocycles. The second-order valence-electron chi connectivity index (χ2n) is 6.97. The van der Waals surface area contributed by atoms with Crippen molar-refractivity contribution < 1.29 is 19.4 Å². The van der Waals surface area contributed by atoms with Crippen LogP contribution in [0.15, 0.2) is 18.3 Å². The fourth-order valence-electron chi connectivity index (χ4n) is 4.03. The number of aromatic nitrogens is 2. The Balaban J connectivity index is 1.61. The highest BCUT2D eigenvalue weighted by Gasteiger charge is 2.43. The SMILES string of the molecule is Cc1cccn2c(F)c(C(=O)N3C[C@H]4C[C@H](O)[C@@H](O)C[C@H]4C3)nc12. The summed E-state index contributed by atoms with van der Waals surface area (Å²) in [5, 5.41) is 19.6. The standard InChI is InChI=1S/C17H20FN3O3/c1-9-3-2-4-21-15(18)14(19-16(9)21)17(24)20-7-10-5-12(22)13(23)6-11(10)8-20/h2-4,10-13,22-23H,5-8H2,1H3/t10-,11+,12-,13-/m0/s1. The first-order valence-electron chi connectivity index (χ1n) is 8.24. The fraction of sp³-hybridized carbons (Fsp3) is 0.529. The molecule has 1 aliphatic carbocycles. The van der Waals surface area contributed by atoms with Gasteiger partial charge in [-0.25, -0.2) is 4.98 Å². The zero-order chi connectivity index (χ0) is 17.0. The van der Waals surface area contributed by atoms with E-state index in [1.165, 1.54) is 4.40 Å². The summed E-state index contributed by atoms with van der Waals surface area (Å²) in [6, 6.07) is 3.54. The number of hydrogen-bond acceptors (Lipinski definition) is 4. The van der Waals surface area contributed by atoms with E-state index in [1.54, 1.807) is 17.2 Å². The molecule has 2 fully saturated rings. The highest BCUT2D eigenvalue weighted by Crippen LogP contribution is 2.37. The zero-order valence-electron chi connectivity index (χ0n) is 13.4. The van der Waals surface area contributed by atoms with Crippen molar-refractivity contribution in [2.75, 3.05) is 13.1 Å². The van der Waals surface area contributed by atoms with Gasteiger partial charge in [-0.05, 0) is 43.2 Å². The zero-order valence-corrected chi connectivity index (χ0v) is 13.4. The molecular weight excluding hydrogens is 313 g/mol. The van der Waals surface area contributed by atoms with Crippen molar-refractivity contribution in [3.63, 3.8) is 0 Å². The Morgan fingerprint density at radius 3 is 2.46 bits per heavy atom. The lowest BCUT2D eigenvalue weighted by Crippen LogP contribution is -2.38. The maximum absolute atomic E-state index is 14.6. The molecule has 2 aliphatic rings. The van der Waals surface area contributed by atoms with Crippen LogP contribution in [0.5, 0.6) is 0 Å². The van der Waals surface area contributed by atoms with Crippen molar-refractivity contribution in [1.29, 1.82) is 0 Å². The molecule has 0 unspecified atom stereocenters. The van der Waals surface area contributed by atoms with E-state index in [9.17, 15) is 19.4 Å². The van der Waals surface area contributed by atoms with Crippen molar-refractivity contribution in [3.05, 3.63) is 35.5 Å². The number of likely N-dealkylation sites (tertiary alicyclic amines) is 1. The lowest BCUT2D eigenvalue weighted by Gasteiger charge is -2.31. The van der Waals surface area contributed by atoms with Crippen LogP contribution >= 0.6 is 0 Å². The smallest absolute Gasteiger partial charge is 0.277 e. The number of fused-ring (bicyclic) bond motifs is 2. The van der Waals surface area contributed by atoms with Crippen LogP contribution in [0.1, 0.15) is 28.9 Å². The Hall–Kier alpha value is -1.99. The molecule has 4 atom stereocenters. The predicted molar refractivity (Wildman–Crippen MR) is 84.0 cm³/mol. The fourth-order valence-corrected chi connectivity index (χ4v) is 4.03. The quantitative estimate of drug-likeness (QED) is 0.816. The number of pyridine rings is 1. The molecule has 0 bridgehead atoms. The molecule has 0 radical (unpaired) electrons. The van der Waals surface area contributed by atoms with Crippen LogP contribution < -0.4 is 0 Å². The summed E-state index contributed by atoms with van der Waals surface area (Å²) in [4.78, 5) is 18.5. The van der Waals surface area contributed by atoms with Gasteiger partial charge in [0.05, 0.1) is 12.2 Å². The number of hydrogen-bond donors (Lipinski definition) is 2. The molecule has 2 N–H and O–H groups in total. The van der Waals surface area contributed by atoms with Gasteiger partial charge in [0, 0.05) is 19.3 Å². The lowest BCUT2D eigenvalue weighted by atomic mass is 9.79. The van der Waals surface area contributed by atoms with Crippen molar-refractivity contribution >= 4 is 11.6 Å². The third kappa shape index (κ3) is 2.31. The van der Waals surface area contributed by atoms with Crippen LogP contribution in [-0.4, -0.2) is 55.7 Å². The van der Waals surface area contributed by atoms with E-state index in [0.29, 0.717) is 31.6 Å². The van der Waals surface area contributed by atoms with E-state index in [-0.39, 0.29) is 17.5 Å². The van der Waals surface area contributed by atoms with E-state index in [1.807, 2.05) is 13.0 Å². The average Bonchev–Trinajstić information content (AvgIpc) is 3.10. The van der Waals surface area contributed by atoms with Crippen molar-refractivity contribution in [3.8, 4) is 0 Å². The molecule has 0 aromatic carbocycles. The first-order chi connectivity index (χ1) is 11.5. The molecule has 0 spiro atoms. The molecule has 3 heterocycles. The van der Waals surface area contributed by atoms with Crippen molar-refractivity contribution in [1.82, 2.24) is 14.3 Å².